The van der Waals surface area contributed by atoms with E-state index in [1.807, 2.05) is 12.1 Å². The van der Waals surface area contributed by atoms with Gasteiger partial charge in [0.25, 0.3) is 0 Å². The van der Waals surface area contributed by atoms with Crippen LogP contribution in [0, 0.1) is 6.92 Å². The molecular formula is C26H30N2O. The summed E-state index contributed by atoms with van der Waals surface area (Å²) in [4.78, 5) is 0. The first kappa shape index (κ1) is 19.5. The number of methoxy groups -OCH3 is 1. The maximum atomic E-state index is 5.30. The van der Waals surface area contributed by atoms with Gasteiger partial charge in [-0.05, 0) is 79.8 Å². The van der Waals surface area contributed by atoms with Gasteiger partial charge in [0.2, 0.25) is 0 Å². The molecule has 3 aromatic rings. The Hall–Kier alpha value is -2.78. The summed E-state index contributed by atoms with van der Waals surface area (Å²) in [5, 5.41) is 4.94. The molecule has 0 aliphatic carbocycles. The van der Waals surface area contributed by atoms with Crippen LogP contribution in [0.1, 0.15) is 31.7 Å². The summed E-state index contributed by atoms with van der Waals surface area (Å²) in [6.45, 7) is 5.63. The average molecular weight is 387 g/mol. The predicted molar refractivity (Wildman–Crippen MR) is 122 cm³/mol. The molecule has 1 fully saturated rings. The third-order valence-corrected chi connectivity index (χ3v) is 5.88. The highest BCUT2D eigenvalue weighted by atomic mass is 16.5. The Morgan fingerprint density at radius 3 is 2.31 bits per heavy atom. The highest BCUT2D eigenvalue weighted by Crippen LogP contribution is 2.35. The lowest BCUT2D eigenvalue weighted by atomic mass is 9.99. The van der Waals surface area contributed by atoms with Crippen molar-refractivity contribution in [3.05, 3.63) is 78.4 Å². The molecule has 0 aromatic heterocycles. The second kappa shape index (κ2) is 8.71. The fraction of sp³-hybridized carbons (Fsp3) is 0.308. The second-order valence-corrected chi connectivity index (χ2v) is 7.88. The van der Waals surface area contributed by atoms with Crippen LogP contribution in [-0.2, 0) is 0 Å². The van der Waals surface area contributed by atoms with Crippen molar-refractivity contribution in [2.45, 2.75) is 39.2 Å². The van der Waals surface area contributed by atoms with E-state index in [1.165, 1.54) is 47.3 Å². The van der Waals surface area contributed by atoms with E-state index < -0.39 is 0 Å². The molecule has 0 spiro atoms. The maximum Gasteiger partial charge on any atom is 0.118 e. The number of hydrogen-bond donors (Lipinski definition) is 0. The van der Waals surface area contributed by atoms with Gasteiger partial charge in [-0.2, -0.15) is 0 Å². The summed E-state index contributed by atoms with van der Waals surface area (Å²) in [5.41, 5.74) is 6.19. The van der Waals surface area contributed by atoms with Crippen LogP contribution >= 0.6 is 0 Å². The fourth-order valence-corrected chi connectivity index (χ4v) is 4.27. The Morgan fingerprint density at radius 2 is 1.66 bits per heavy atom. The summed E-state index contributed by atoms with van der Waals surface area (Å²) in [6.07, 6.45) is 3.80. The van der Waals surface area contributed by atoms with Gasteiger partial charge in [-0.25, -0.2) is 5.01 Å². The van der Waals surface area contributed by atoms with Gasteiger partial charge in [0, 0.05) is 12.6 Å². The zero-order valence-corrected chi connectivity index (χ0v) is 17.6. The number of hydrazine groups is 1. The number of benzene rings is 3. The quantitative estimate of drug-likeness (QED) is 0.491. The van der Waals surface area contributed by atoms with Crippen LogP contribution in [-0.4, -0.2) is 24.7 Å². The lowest BCUT2D eigenvalue weighted by Crippen LogP contribution is -2.48. The van der Waals surface area contributed by atoms with Gasteiger partial charge in [-0.3, -0.25) is 5.01 Å². The lowest BCUT2D eigenvalue weighted by molar-refractivity contribution is 0.162. The molecule has 1 saturated heterocycles. The molecular weight excluding hydrogens is 356 g/mol. The molecule has 3 nitrogen and oxygen atoms in total. The number of anilines is 2. The first-order valence-corrected chi connectivity index (χ1v) is 10.5. The molecule has 1 heterocycles. The van der Waals surface area contributed by atoms with Gasteiger partial charge in [-0.1, -0.05) is 42.8 Å². The first-order valence-electron chi connectivity index (χ1n) is 10.5. The van der Waals surface area contributed by atoms with Crippen molar-refractivity contribution in [1.29, 1.82) is 0 Å². The summed E-state index contributed by atoms with van der Waals surface area (Å²) in [7, 11) is 1.70. The first-order chi connectivity index (χ1) is 14.2. The predicted octanol–water partition coefficient (Wildman–Crippen LogP) is 6.60. The van der Waals surface area contributed by atoms with Crippen LogP contribution in [0.25, 0.3) is 11.1 Å². The molecule has 29 heavy (non-hydrogen) atoms. The minimum absolute atomic E-state index is 0.533. The molecule has 0 amide bonds. The standard InChI is InChI=1S/C26H30N2O/c1-20-19-24(14-17-26(20)22-12-15-25(29-3)16-13-22)28(23-10-5-4-6-11-23)27-18-8-7-9-21(27)2/h4-6,10-17,19,21H,7-9,18H2,1-3H3. The summed E-state index contributed by atoms with van der Waals surface area (Å²) >= 11 is 0. The van der Waals surface area contributed by atoms with E-state index in [0.29, 0.717) is 6.04 Å². The van der Waals surface area contributed by atoms with E-state index in [1.54, 1.807) is 7.11 Å². The Labute approximate surface area is 174 Å². The van der Waals surface area contributed by atoms with Gasteiger partial charge in [0.05, 0.1) is 18.5 Å². The number of aryl methyl sites for hydroxylation is 1. The van der Waals surface area contributed by atoms with Crippen molar-refractivity contribution >= 4 is 11.4 Å². The smallest absolute Gasteiger partial charge is 0.118 e. The SMILES string of the molecule is COc1ccc(-c2ccc(N(c3ccccc3)N3CCCCC3C)cc2C)cc1. The van der Waals surface area contributed by atoms with Crippen molar-refractivity contribution in [2.24, 2.45) is 0 Å². The molecule has 3 aromatic carbocycles. The number of piperidine rings is 1. The van der Waals surface area contributed by atoms with Gasteiger partial charge in [0.15, 0.2) is 0 Å². The van der Waals surface area contributed by atoms with Crippen LogP contribution in [0.5, 0.6) is 5.75 Å². The molecule has 4 rings (SSSR count). The van der Waals surface area contributed by atoms with Crippen molar-refractivity contribution in [3.8, 4) is 16.9 Å². The topological polar surface area (TPSA) is 15.7 Å². The van der Waals surface area contributed by atoms with E-state index in [4.69, 9.17) is 4.74 Å². The normalized spacial score (nSPS) is 17.1. The molecule has 150 valence electrons. The van der Waals surface area contributed by atoms with E-state index in [9.17, 15) is 0 Å². The number of para-hydroxylation sites is 1. The van der Waals surface area contributed by atoms with Gasteiger partial charge < -0.3 is 4.74 Å². The van der Waals surface area contributed by atoms with E-state index in [-0.39, 0.29) is 0 Å². The van der Waals surface area contributed by atoms with Crippen molar-refractivity contribution in [2.75, 3.05) is 18.7 Å². The van der Waals surface area contributed by atoms with Crippen LogP contribution in [0.15, 0.2) is 72.8 Å². The molecule has 0 bridgehead atoms. The average Bonchev–Trinajstić information content (AvgIpc) is 2.76. The highest BCUT2D eigenvalue weighted by Gasteiger charge is 2.26. The van der Waals surface area contributed by atoms with E-state index >= 15 is 0 Å². The molecule has 1 unspecified atom stereocenters. The van der Waals surface area contributed by atoms with Crippen molar-refractivity contribution < 1.29 is 4.74 Å². The number of ether oxygens (including phenoxy) is 1. The number of nitrogens with zero attached hydrogens (tertiary/aromatic N) is 2. The fourth-order valence-electron chi connectivity index (χ4n) is 4.27. The molecule has 0 saturated carbocycles. The third kappa shape index (κ3) is 4.15. The number of hydrogen-bond acceptors (Lipinski definition) is 3. The molecule has 0 N–H and O–H groups in total. The van der Waals surface area contributed by atoms with Crippen LogP contribution < -0.4 is 9.75 Å². The second-order valence-electron chi connectivity index (χ2n) is 7.88. The monoisotopic (exact) mass is 386 g/mol. The Kier molecular flexibility index (Phi) is 5.86. The Bertz CT molecular complexity index is 937. The van der Waals surface area contributed by atoms with Crippen LogP contribution in [0.3, 0.4) is 0 Å². The van der Waals surface area contributed by atoms with E-state index in [2.05, 4.69) is 84.5 Å². The van der Waals surface area contributed by atoms with Crippen molar-refractivity contribution in [3.63, 3.8) is 0 Å². The summed E-state index contributed by atoms with van der Waals surface area (Å²) in [6, 6.07) is 26.4. The zero-order valence-electron chi connectivity index (χ0n) is 17.6. The summed E-state index contributed by atoms with van der Waals surface area (Å²) < 4.78 is 5.30. The Morgan fingerprint density at radius 1 is 0.897 bits per heavy atom. The van der Waals surface area contributed by atoms with Gasteiger partial charge in [0.1, 0.15) is 5.75 Å². The van der Waals surface area contributed by atoms with E-state index in [0.717, 1.165) is 12.3 Å². The minimum atomic E-state index is 0.533. The largest absolute Gasteiger partial charge is 0.497 e. The van der Waals surface area contributed by atoms with Crippen LogP contribution in [0.2, 0.25) is 0 Å². The Balaban J connectivity index is 1.72. The molecule has 1 atom stereocenters. The van der Waals surface area contributed by atoms with Crippen molar-refractivity contribution in [1.82, 2.24) is 5.01 Å². The van der Waals surface area contributed by atoms with Gasteiger partial charge >= 0.3 is 0 Å². The minimum Gasteiger partial charge on any atom is -0.497 e. The lowest BCUT2D eigenvalue weighted by Gasteiger charge is -2.43. The molecule has 1 aliphatic heterocycles. The third-order valence-electron chi connectivity index (χ3n) is 5.88. The zero-order chi connectivity index (χ0) is 20.2. The highest BCUT2D eigenvalue weighted by molar-refractivity contribution is 5.73. The van der Waals surface area contributed by atoms with Gasteiger partial charge in [-0.15, -0.1) is 0 Å². The number of rotatable bonds is 5. The molecule has 3 heteroatoms. The molecule has 1 aliphatic rings. The maximum absolute atomic E-state index is 5.30. The molecule has 0 radical (unpaired) electrons. The van der Waals surface area contributed by atoms with Crippen LogP contribution in [0.4, 0.5) is 11.4 Å². The summed E-state index contributed by atoms with van der Waals surface area (Å²) in [5.74, 6) is 0.886.